The van der Waals surface area contributed by atoms with Crippen molar-refractivity contribution in [3.05, 3.63) is 84.0 Å². The lowest BCUT2D eigenvalue weighted by Crippen LogP contribution is -2.29. The van der Waals surface area contributed by atoms with Gasteiger partial charge in [-0.25, -0.2) is 4.39 Å². The number of benzene rings is 2. The van der Waals surface area contributed by atoms with Crippen molar-refractivity contribution in [3.63, 3.8) is 0 Å². The molecular weight excluding hydrogens is 486 g/mol. The van der Waals surface area contributed by atoms with Gasteiger partial charge in [0.2, 0.25) is 5.91 Å². The van der Waals surface area contributed by atoms with Crippen LogP contribution < -0.4 is 10.6 Å². The maximum absolute atomic E-state index is 13.9. The van der Waals surface area contributed by atoms with Crippen LogP contribution in [0, 0.1) is 5.82 Å². The minimum atomic E-state index is -4.52. The van der Waals surface area contributed by atoms with Crippen molar-refractivity contribution in [1.82, 2.24) is 20.1 Å². The molecule has 0 aliphatic rings. The van der Waals surface area contributed by atoms with Crippen molar-refractivity contribution in [3.8, 4) is 0 Å². The van der Waals surface area contributed by atoms with Crippen molar-refractivity contribution >= 4 is 29.3 Å². The molecule has 3 rings (SSSR count). The molecule has 0 saturated heterocycles. The smallest absolute Gasteiger partial charge is 0.342 e. The van der Waals surface area contributed by atoms with Gasteiger partial charge in [-0.05, 0) is 37.3 Å². The molecule has 0 saturated carbocycles. The van der Waals surface area contributed by atoms with Gasteiger partial charge in [0.05, 0.1) is 22.9 Å². The fraction of sp³-hybridized carbons (Fsp3) is 0.217. The maximum atomic E-state index is 13.9. The number of thioether (sulfide) groups is 1. The molecule has 0 spiro atoms. The SMILES string of the molecule is C=CCn1c(SCC(=O)Nc2cccc(C(F)(F)F)c2)nnc1C(C)NC(=O)c1ccccc1F. The normalized spacial score (nSPS) is 12.1. The first-order valence-electron chi connectivity index (χ1n) is 10.3. The lowest BCUT2D eigenvalue weighted by molar-refractivity contribution is -0.137. The van der Waals surface area contributed by atoms with Gasteiger partial charge < -0.3 is 15.2 Å². The van der Waals surface area contributed by atoms with E-state index in [2.05, 4.69) is 27.4 Å². The van der Waals surface area contributed by atoms with Gasteiger partial charge in [0.15, 0.2) is 11.0 Å². The molecule has 184 valence electrons. The molecule has 2 amide bonds. The number of hydrogen-bond donors (Lipinski definition) is 2. The second-order valence-corrected chi connectivity index (χ2v) is 8.27. The lowest BCUT2D eigenvalue weighted by Gasteiger charge is -2.15. The van der Waals surface area contributed by atoms with Crippen molar-refractivity contribution in [2.45, 2.75) is 30.8 Å². The maximum Gasteiger partial charge on any atom is 0.416 e. The average Bonchev–Trinajstić information content (AvgIpc) is 3.20. The van der Waals surface area contributed by atoms with Gasteiger partial charge >= 0.3 is 6.18 Å². The number of rotatable bonds is 9. The molecule has 3 aromatic rings. The highest BCUT2D eigenvalue weighted by molar-refractivity contribution is 7.99. The first-order chi connectivity index (χ1) is 16.6. The van der Waals surface area contributed by atoms with Crippen LogP contribution in [0.25, 0.3) is 0 Å². The minimum Gasteiger partial charge on any atom is -0.342 e. The van der Waals surface area contributed by atoms with E-state index in [9.17, 15) is 27.2 Å². The van der Waals surface area contributed by atoms with Crippen LogP contribution in [-0.2, 0) is 17.5 Å². The summed E-state index contributed by atoms with van der Waals surface area (Å²) >= 11 is 1.01. The molecule has 35 heavy (non-hydrogen) atoms. The van der Waals surface area contributed by atoms with Crippen LogP contribution in [-0.4, -0.2) is 32.3 Å². The highest BCUT2D eigenvalue weighted by Crippen LogP contribution is 2.30. The molecular formula is C23H21F4N5O2S. The molecule has 0 radical (unpaired) electrons. The monoisotopic (exact) mass is 507 g/mol. The Morgan fingerprint density at radius 2 is 1.91 bits per heavy atom. The Hall–Kier alpha value is -3.67. The van der Waals surface area contributed by atoms with Crippen LogP contribution in [0.15, 0.2) is 66.3 Å². The van der Waals surface area contributed by atoms with Crippen molar-refractivity contribution in [1.29, 1.82) is 0 Å². The van der Waals surface area contributed by atoms with E-state index in [0.29, 0.717) is 11.0 Å². The highest BCUT2D eigenvalue weighted by atomic mass is 32.2. The molecule has 12 heteroatoms. The molecule has 7 nitrogen and oxygen atoms in total. The number of nitrogens with zero attached hydrogens (tertiary/aromatic N) is 3. The molecule has 2 aromatic carbocycles. The van der Waals surface area contributed by atoms with E-state index in [-0.39, 0.29) is 23.5 Å². The number of carbonyl (C=O) groups is 2. The number of aromatic nitrogens is 3. The van der Waals surface area contributed by atoms with Gasteiger partial charge in [0, 0.05) is 12.2 Å². The topological polar surface area (TPSA) is 88.9 Å². The molecule has 1 heterocycles. The Morgan fingerprint density at radius 3 is 2.60 bits per heavy atom. The zero-order valence-corrected chi connectivity index (χ0v) is 19.3. The van der Waals surface area contributed by atoms with Gasteiger partial charge in [0.1, 0.15) is 5.82 Å². The van der Waals surface area contributed by atoms with Gasteiger partial charge in [-0.2, -0.15) is 13.2 Å². The quantitative estimate of drug-likeness (QED) is 0.246. The van der Waals surface area contributed by atoms with Crippen LogP contribution in [0.2, 0.25) is 0 Å². The number of allylic oxidation sites excluding steroid dienone is 1. The largest absolute Gasteiger partial charge is 0.416 e. The summed E-state index contributed by atoms with van der Waals surface area (Å²) < 4.78 is 54.1. The third-order valence-electron chi connectivity index (χ3n) is 4.72. The van der Waals surface area contributed by atoms with E-state index in [1.54, 1.807) is 23.6 Å². The molecule has 0 aliphatic carbocycles. The highest BCUT2D eigenvalue weighted by Gasteiger charge is 2.30. The summed E-state index contributed by atoms with van der Waals surface area (Å²) in [5, 5.41) is 13.6. The molecule has 2 N–H and O–H groups in total. The van der Waals surface area contributed by atoms with Gasteiger partial charge in [-0.1, -0.05) is 36.0 Å². The summed E-state index contributed by atoms with van der Waals surface area (Å²) in [6.07, 6.45) is -2.95. The van der Waals surface area contributed by atoms with E-state index in [1.807, 2.05) is 0 Å². The Kier molecular flexibility index (Phi) is 8.28. The molecule has 1 aromatic heterocycles. The summed E-state index contributed by atoms with van der Waals surface area (Å²) in [6, 6.07) is 9.23. The minimum absolute atomic E-state index is 0.0168. The molecule has 0 fully saturated rings. The van der Waals surface area contributed by atoms with Crippen molar-refractivity contribution in [2.24, 2.45) is 0 Å². The van der Waals surface area contributed by atoms with E-state index < -0.39 is 35.4 Å². The second-order valence-electron chi connectivity index (χ2n) is 7.33. The number of amides is 2. The summed E-state index contributed by atoms with van der Waals surface area (Å²) in [4.78, 5) is 24.8. The van der Waals surface area contributed by atoms with Crippen LogP contribution in [0.4, 0.5) is 23.2 Å². The lowest BCUT2D eigenvalue weighted by atomic mass is 10.2. The number of carbonyl (C=O) groups excluding carboxylic acids is 2. The Balaban J connectivity index is 1.67. The number of alkyl halides is 3. The van der Waals surface area contributed by atoms with Crippen LogP contribution >= 0.6 is 11.8 Å². The van der Waals surface area contributed by atoms with E-state index >= 15 is 0 Å². The van der Waals surface area contributed by atoms with Crippen LogP contribution in [0.5, 0.6) is 0 Å². The third-order valence-corrected chi connectivity index (χ3v) is 5.68. The van der Waals surface area contributed by atoms with Crippen molar-refractivity contribution in [2.75, 3.05) is 11.1 Å². The summed E-state index contributed by atoms with van der Waals surface area (Å²) in [5.74, 6) is -1.62. The predicted molar refractivity (Wildman–Crippen MR) is 123 cm³/mol. The fourth-order valence-corrected chi connectivity index (χ4v) is 3.87. The van der Waals surface area contributed by atoms with E-state index in [1.165, 1.54) is 30.3 Å². The van der Waals surface area contributed by atoms with Crippen LogP contribution in [0.1, 0.15) is 34.7 Å². The summed E-state index contributed by atoms with van der Waals surface area (Å²) in [6.45, 7) is 5.60. The zero-order valence-electron chi connectivity index (χ0n) is 18.5. The standard InChI is InChI=1S/C23H21F4N5O2S/c1-3-11-32-20(14(2)28-21(34)17-9-4-5-10-18(17)24)30-31-22(32)35-13-19(33)29-16-8-6-7-15(12-16)23(25,26)27/h3-10,12,14H,1,11,13H2,2H3,(H,28,34)(H,29,33). The van der Waals surface area contributed by atoms with E-state index in [4.69, 9.17) is 0 Å². The zero-order chi connectivity index (χ0) is 25.6. The average molecular weight is 508 g/mol. The third kappa shape index (κ3) is 6.69. The molecule has 1 unspecified atom stereocenters. The fourth-order valence-electron chi connectivity index (χ4n) is 3.11. The number of nitrogens with one attached hydrogen (secondary N) is 2. The first kappa shape index (κ1) is 25.9. The number of hydrogen-bond acceptors (Lipinski definition) is 5. The molecule has 0 aliphatic heterocycles. The molecule has 0 bridgehead atoms. The Bertz CT molecular complexity index is 1230. The summed E-state index contributed by atoms with van der Waals surface area (Å²) in [5.41, 5.74) is -0.970. The van der Waals surface area contributed by atoms with Crippen LogP contribution in [0.3, 0.4) is 0 Å². The Labute approximate surface area is 202 Å². The summed E-state index contributed by atoms with van der Waals surface area (Å²) in [7, 11) is 0. The van der Waals surface area contributed by atoms with Crippen molar-refractivity contribution < 1.29 is 27.2 Å². The van der Waals surface area contributed by atoms with Gasteiger partial charge in [-0.3, -0.25) is 9.59 Å². The van der Waals surface area contributed by atoms with Gasteiger partial charge in [-0.15, -0.1) is 16.8 Å². The number of anilines is 1. The second kappa shape index (κ2) is 11.2. The Morgan fingerprint density at radius 1 is 1.17 bits per heavy atom. The molecule has 1 atom stereocenters. The van der Waals surface area contributed by atoms with E-state index in [0.717, 1.165) is 23.9 Å². The van der Waals surface area contributed by atoms with Gasteiger partial charge in [0.25, 0.3) is 5.91 Å². The first-order valence-corrected chi connectivity index (χ1v) is 11.3. The number of halogens is 4. The predicted octanol–water partition coefficient (Wildman–Crippen LogP) is 4.84.